The molecule has 2 rings (SSSR count). The quantitative estimate of drug-likeness (QED) is 0.723. The smallest absolute Gasteiger partial charge is 0.263 e. The van der Waals surface area contributed by atoms with Gasteiger partial charge in [0.25, 0.3) is 5.91 Å². The van der Waals surface area contributed by atoms with Crippen LogP contribution in [0.1, 0.15) is 50.2 Å². The maximum Gasteiger partial charge on any atom is 0.263 e. The molecule has 1 fully saturated rings. The lowest BCUT2D eigenvalue weighted by atomic mass is 10.2. The minimum Gasteiger partial charge on any atom is -0.486 e. The Labute approximate surface area is 130 Å². The van der Waals surface area contributed by atoms with Gasteiger partial charge in [-0.2, -0.15) is 0 Å². The number of amides is 1. The lowest BCUT2D eigenvalue weighted by Gasteiger charge is -2.16. The summed E-state index contributed by atoms with van der Waals surface area (Å²) in [7, 11) is 0. The second kappa shape index (κ2) is 6.56. The molecule has 1 aromatic heterocycles. The summed E-state index contributed by atoms with van der Waals surface area (Å²) in [6.45, 7) is 8.55. The molecule has 4 N–H and O–H groups in total. The fourth-order valence-electron chi connectivity index (χ4n) is 2.21. The molecule has 0 spiro atoms. The molecule has 1 atom stereocenters. The van der Waals surface area contributed by atoms with E-state index in [0.29, 0.717) is 34.8 Å². The van der Waals surface area contributed by atoms with E-state index in [4.69, 9.17) is 10.5 Å². The van der Waals surface area contributed by atoms with Crippen molar-refractivity contribution in [2.24, 2.45) is 5.92 Å². The van der Waals surface area contributed by atoms with Gasteiger partial charge < -0.3 is 21.1 Å². The molecular weight excluding hydrogens is 286 g/mol. The van der Waals surface area contributed by atoms with Crippen LogP contribution >= 0.6 is 11.3 Å². The van der Waals surface area contributed by atoms with Crippen LogP contribution in [0, 0.1) is 5.92 Å². The minimum atomic E-state index is -0.138. The van der Waals surface area contributed by atoms with Gasteiger partial charge in [-0.1, -0.05) is 0 Å². The molecule has 1 saturated carbocycles. The van der Waals surface area contributed by atoms with Gasteiger partial charge in [-0.05, 0) is 46.5 Å². The fourth-order valence-corrected chi connectivity index (χ4v) is 3.27. The number of thiophene rings is 1. The van der Waals surface area contributed by atoms with Gasteiger partial charge in [0.15, 0.2) is 5.75 Å². The zero-order valence-electron chi connectivity index (χ0n) is 13.2. The molecule has 0 aliphatic heterocycles. The van der Waals surface area contributed by atoms with Crippen molar-refractivity contribution in [3.8, 4) is 5.75 Å². The number of nitrogen functional groups attached to an aromatic ring is 1. The van der Waals surface area contributed by atoms with E-state index in [1.807, 2.05) is 20.8 Å². The van der Waals surface area contributed by atoms with Crippen LogP contribution in [0.25, 0.3) is 0 Å². The first-order valence-electron chi connectivity index (χ1n) is 7.57. The zero-order chi connectivity index (χ0) is 15.6. The van der Waals surface area contributed by atoms with Crippen LogP contribution in [0.4, 0.5) is 10.7 Å². The van der Waals surface area contributed by atoms with Crippen molar-refractivity contribution in [2.75, 3.05) is 17.6 Å². The molecule has 0 bridgehead atoms. The molecule has 0 radical (unpaired) electrons. The second-order valence-electron chi connectivity index (χ2n) is 5.80. The van der Waals surface area contributed by atoms with E-state index in [9.17, 15) is 4.79 Å². The van der Waals surface area contributed by atoms with Crippen LogP contribution in [0.2, 0.25) is 0 Å². The summed E-state index contributed by atoms with van der Waals surface area (Å²) in [6.07, 6.45) is 2.54. The molecule has 1 unspecified atom stereocenters. The third-order valence-electron chi connectivity index (χ3n) is 3.48. The highest BCUT2D eigenvalue weighted by atomic mass is 32.1. The lowest BCUT2D eigenvalue weighted by molar-refractivity contribution is 0.0960. The van der Waals surface area contributed by atoms with Crippen LogP contribution < -0.4 is 21.1 Å². The van der Waals surface area contributed by atoms with E-state index < -0.39 is 0 Å². The molecule has 5 nitrogen and oxygen atoms in total. The molecule has 1 heterocycles. The van der Waals surface area contributed by atoms with E-state index in [1.165, 1.54) is 24.2 Å². The van der Waals surface area contributed by atoms with Crippen molar-refractivity contribution >= 4 is 27.9 Å². The van der Waals surface area contributed by atoms with Crippen LogP contribution in [0.3, 0.4) is 0 Å². The van der Waals surface area contributed by atoms with Gasteiger partial charge in [0.1, 0.15) is 15.6 Å². The normalized spacial score (nSPS) is 15.9. The van der Waals surface area contributed by atoms with Crippen molar-refractivity contribution in [3.05, 3.63) is 4.88 Å². The van der Waals surface area contributed by atoms with Crippen LogP contribution in [0.5, 0.6) is 5.75 Å². The van der Waals surface area contributed by atoms with E-state index in [1.54, 1.807) is 0 Å². The van der Waals surface area contributed by atoms with Gasteiger partial charge in [-0.3, -0.25) is 4.79 Å². The Hall–Kier alpha value is -1.43. The van der Waals surface area contributed by atoms with Crippen molar-refractivity contribution in [2.45, 2.75) is 52.7 Å². The Balaban J connectivity index is 2.26. The highest BCUT2D eigenvalue weighted by molar-refractivity contribution is 7.19. The molecule has 1 amide bonds. The summed E-state index contributed by atoms with van der Waals surface area (Å²) in [5.41, 5.74) is 6.57. The van der Waals surface area contributed by atoms with Gasteiger partial charge in [0.2, 0.25) is 0 Å². The van der Waals surface area contributed by atoms with Gasteiger partial charge in [-0.25, -0.2) is 0 Å². The fraction of sp³-hybridized carbons (Fsp3) is 0.667. The summed E-state index contributed by atoms with van der Waals surface area (Å²) in [5, 5.41) is 7.13. The van der Waals surface area contributed by atoms with E-state index in [2.05, 4.69) is 17.6 Å². The monoisotopic (exact) mass is 311 g/mol. The Bertz CT molecular complexity index is 509. The Morgan fingerprint density at radius 1 is 1.43 bits per heavy atom. The number of carbonyl (C=O) groups is 1. The molecule has 0 saturated heterocycles. The summed E-state index contributed by atoms with van der Waals surface area (Å²) in [5.74, 6) is 1.19. The standard InChI is InChI=1S/C15H25N3O2S/c1-5-17-14(19)13-11(16)12(20-8(2)3)15(21-13)18-9(4)10-6-7-10/h8-10,18H,5-7,16H2,1-4H3,(H,17,19). The molecule has 0 aromatic carbocycles. The molecule has 6 heteroatoms. The maximum absolute atomic E-state index is 12.1. The second-order valence-corrected chi connectivity index (χ2v) is 6.82. The largest absolute Gasteiger partial charge is 0.486 e. The van der Waals surface area contributed by atoms with Gasteiger partial charge in [0, 0.05) is 12.6 Å². The summed E-state index contributed by atoms with van der Waals surface area (Å²) < 4.78 is 5.83. The molecule has 21 heavy (non-hydrogen) atoms. The van der Waals surface area contributed by atoms with Crippen molar-refractivity contribution < 1.29 is 9.53 Å². The lowest BCUT2D eigenvalue weighted by Crippen LogP contribution is -2.22. The van der Waals surface area contributed by atoms with Crippen molar-refractivity contribution in [3.63, 3.8) is 0 Å². The molecule has 1 aromatic rings. The SMILES string of the molecule is CCNC(=O)c1sc(NC(C)C2CC2)c(OC(C)C)c1N. The Morgan fingerprint density at radius 2 is 2.10 bits per heavy atom. The summed E-state index contributed by atoms with van der Waals surface area (Å²) >= 11 is 1.38. The highest BCUT2D eigenvalue weighted by Gasteiger charge is 2.30. The number of carbonyl (C=O) groups excluding carboxylic acids is 1. The third-order valence-corrected chi connectivity index (χ3v) is 4.60. The number of hydrogen-bond acceptors (Lipinski definition) is 5. The number of nitrogens with one attached hydrogen (secondary N) is 2. The number of nitrogens with two attached hydrogens (primary N) is 1. The van der Waals surface area contributed by atoms with E-state index in [0.717, 1.165) is 5.00 Å². The first-order chi connectivity index (χ1) is 9.93. The van der Waals surface area contributed by atoms with Crippen LogP contribution in [-0.4, -0.2) is 24.6 Å². The summed E-state index contributed by atoms with van der Waals surface area (Å²) in [4.78, 5) is 12.6. The maximum atomic E-state index is 12.1. The minimum absolute atomic E-state index is 0.0146. The number of anilines is 2. The van der Waals surface area contributed by atoms with E-state index >= 15 is 0 Å². The number of ether oxygens (including phenoxy) is 1. The first kappa shape index (κ1) is 15.9. The predicted octanol–water partition coefficient (Wildman–Crippen LogP) is 3.08. The Morgan fingerprint density at radius 3 is 2.62 bits per heavy atom. The van der Waals surface area contributed by atoms with Crippen molar-refractivity contribution in [1.29, 1.82) is 0 Å². The van der Waals surface area contributed by atoms with Gasteiger partial charge >= 0.3 is 0 Å². The van der Waals surface area contributed by atoms with Crippen molar-refractivity contribution in [1.82, 2.24) is 5.32 Å². The molecule has 118 valence electrons. The van der Waals surface area contributed by atoms with Crippen LogP contribution in [0.15, 0.2) is 0 Å². The molecular formula is C15H25N3O2S. The number of hydrogen-bond donors (Lipinski definition) is 3. The topological polar surface area (TPSA) is 76.4 Å². The molecule has 1 aliphatic carbocycles. The Kier molecular flexibility index (Phi) is 4.98. The van der Waals surface area contributed by atoms with E-state index in [-0.39, 0.29) is 12.0 Å². The third kappa shape index (κ3) is 3.81. The first-order valence-corrected chi connectivity index (χ1v) is 8.39. The molecule has 1 aliphatic rings. The summed E-state index contributed by atoms with van der Waals surface area (Å²) in [6, 6.07) is 0.375. The zero-order valence-corrected chi connectivity index (χ0v) is 14.0. The average Bonchev–Trinajstić information content (AvgIpc) is 3.20. The van der Waals surface area contributed by atoms with Gasteiger partial charge in [-0.15, -0.1) is 11.3 Å². The average molecular weight is 311 g/mol. The van der Waals surface area contributed by atoms with Gasteiger partial charge in [0.05, 0.1) is 6.10 Å². The van der Waals surface area contributed by atoms with Crippen LogP contribution in [-0.2, 0) is 0 Å². The highest BCUT2D eigenvalue weighted by Crippen LogP contribution is 2.45. The number of rotatable bonds is 7. The predicted molar refractivity (Wildman–Crippen MR) is 88.3 cm³/mol.